The number of hydrogen-bond donors (Lipinski definition) is 1. The summed E-state index contributed by atoms with van der Waals surface area (Å²) in [6.45, 7) is 7.33. The molecule has 8 heteroatoms. The number of methoxy groups -OCH3 is 1. The van der Waals surface area contributed by atoms with Gasteiger partial charge in [-0.3, -0.25) is 4.79 Å². The van der Waals surface area contributed by atoms with Gasteiger partial charge in [-0.2, -0.15) is 4.31 Å². The van der Waals surface area contributed by atoms with Gasteiger partial charge in [0, 0.05) is 19.6 Å². The fraction of sp³-hybridized carbons (Fsp3) is 0.458. The van der Waals surface area contributed by atoms with Crippen molar-refractivity contribution >= 4 is 15.9 Å². The van der Waals surface area contributed by atoms with E-state index < -0.39 is 15.9 Å². The average Bonchev–Trinajstić information content (AvgIpc) is 2.78. The molecule has 2 aromatic carbocycles. The number of rotatable bonds is 8. The molecule has 0 radical (unpaired) electrons. The summed E-state index contributed by atoms with van der Waals surface area (Å²) in [6, 6.07) is 11.9. The van der Waals surface area contributed by atoms with Gasteiger partial charge in [0.1, 0.15) is 11.5 Å². The highest BCUT2D eigenvalue weighted by Gasteiger charge is 2.29. The summed E-state index contributed by atoms with van der Waals surface area (Å²) in [7, 11) is -2.21. The fourth-order valence-corrected chi connectivity index (χ4v) is 5.13. The molecule has 0 unspecified atom stereocenters. The quantitative estimate of drug-likeness (QED) is 0.647. The summed E-state index contributed by atoms with van der Waals surface area (Å²) in [4.78, 5) is 13.0. The van der Waals surface area contributed by atoms with Crippen LogP contribution in [-0.2, 0) is 16.6 Å². The Hall–Kier alpha value is -2.58. The molecule has 174 valence electrons. The van der Waals surface area contributed by atoms with E-state index in [9.17, 15) is 13.2 Å². The maximum atomic E-state index is 13.1. The zero-order valence-electron chi connectivity index (χ0n) is 19.1. The van der Waals surface area contributed by atoms with Crippen molar-refractivity contribution in [3.8, 4) is 11.5 Å². The maximum Gasteiger partial charge on any atom is 0.255 e. The smallest absolute Gasteiger partial charge is 0.255 e. The molecule has 1 saturated heterocycles. The van der Waals surface area contributed by atoms with Crippen LogP contribution in [0.2, 0.25) is 0 Å². The van der Waals surface area contributed by atoms with Crippen LogP contribution >= 0.6 is 0 Å². The highest BCUT2D eigenvalue weighted by atomic mass is 32.2. The fourth-order valence-electron chi connectivity index (χ4n) is 3.63. The van der Waals surface area contributed by atoms with Gasteiger partial charge in [0.15, 0.2) is 0 Å². The number of nitrogens with zero attached hydrogens (tertiary/aromatic N) is 1. The van der Waals surface area contributed by atoms with Gasteiger partial charge < -0.3 is 14.8 Å². The molecule has 7 nitrogen and oxygen atoms in total. The SMILES string of the molecule is COc1ccc(S(=O)(=O)N2CCC(C)CC2)cc1C(=O)NCc1ccc(OC(C)C)cc1. The molecular formula is C24H32N2O5S. The standard InChI is InChI=1S/C24H32N2O5S/c1-17(2)31-20-7-5-19(6-8-20)16-25-24(27)22-15-21(9-10-23(22)30-4)32(28,29)26-13-11-18(3)12-14-26/h5-10,15,17-18H,11-14,16H2,1-4H3,(H,25,27). The molecule has 1 N–H and O–H groups in total. The third-order valence-corrected chi connectivity index (χ3v) is 7.44. The molecular weight excluding hydrogens is 428 g/mol. The monoisotopic (exact) mass is 460 g/mol. The van der Waals surface area contributed by atoms with E-state index >= 15 is 0 Å². The molecule has 3 rings (SSSR count). The Morgan fingerprint density at radius 1 is 1.12 bits per heavy atom. The minimum absolute atomic E-state index is 0.0879. The van der Waals surface area contributed by atoms with Crippen molar-refractivity contribution in [3.63, 3.8) is 0 Å². The van der Waals surface area contributed by atoms with E-state index in [1.807, 2.05) is 38.1 Å². The van der Waals surface area contributed by atoms with Gasteiger partial charge >= 0.3 is 0 Å². The molecule has 1 fully saturated rings. The van der Waals surface area contributed by atoms with Gasteiger partial charge in [0.05, 0.1) is 23.7 Å². The van der Waals surface area contributed by atoms with Crippen LogP contribution in [0.3, 0.4) is 0 Å². The van der Waals surface area contributed by atoms with Crippen LogP contribution in [0.4, 0.5) is 0 Å². The van der Waals surface area contributed by atoms with Gasteiger partial charge in [-0.1, -0.05) is 19.1 Å². The van der Waals surface area contributed by atoms with Gasteiger partial charge in [0.2, 0.25) is 10.0 Å². The Bertz CT molecular complexity index is 1030. The molecule has 2 aromatic rings. The van der Waals surface area contributed by atoms with Crippen LogP contribution < -0.4 is 14.8 Å². The lowest BCUT2D eigenvalue weighted by atomic mass is 10.0. The predicted molar refractivity (Wildman–Crippen MR) is 124 cm³/mol. The normalized spacial score (nSPS) is 15.5. The van der Waals surface area contributed by atoms with Gasteiger partial charge in [-0.25, -0.2) is 8.42 Å². The number of sulfonamides is 1. The van der Waals surface area contributed by atoms with Crippen molar-refractivity contribution in [2.45, 2.75) is 51.2 Å². The topological polar surface area (TPSA) is 84.9 Å². The van der Waals surface area contributed by atoms with Crippen molar-refractivity contribution in [2.24, 2.45) is 5.92 Å². The second-order valence-corrected chi connectivity index (χ2v) is 10.4. The predicted octanol–water partition coefficient (Wildman–Crippen LogP) is 3.83. The summed E-state index contributed by atoms with van der Waals surface area (Å²) >= 11 is 0. The van der Waals surface area contributed by atoms with E-state index in [1.165, 1.54) is 29.6 Å². The first-order chi connectivity index (χ1) is 15.2. The van der Waals surface area contributed by atoms with Crippen LogP contribution in [0.1, 0.15) is 49.5 Å². The molecule has 0 saturated carbocycles. The van der Waals surface area contributed by atoms with Crippen molar-refractivity contribution < 1.29 is 22.7 Å². The molecule has 1 heterocycles. The zero-order chi connectivity index (χ0) is 23.3. The highest BCUT2D eigenvalue weighted by Crippen LogP contribution is 2.27. The Kier molecular flexibility index (Phi) is 7.79. The first-order valence-corrected chi connectivity index (χ1v) is 12.4. The Morgan fingerprint density at radius 3 is 2.38 bits per heavy atom. The third-order valence-electron chi connectivity index (χ3n) is 5.54. The maximum absolute atomic E-state index is 13.1. The van der Waals surface area contributed by atoms with E-state index in [0.717, 1.165) is 24.2 Å². The number of carbonyl (C=O) groups is 1. The Morgan fingerprint density at radius 2 is 1.78 bits per heavy atom. The van der Waals surface area contributed by atoms with Crippen LogP contribution in [0.25, 0.3) is 0 Å². The summed E-state index contributed by atoms with van der Waals surface area (Å²) < 4.78 is 38.6. The number of carbonyl (C=O) groups excluding carboxylic acids is 1. The Balaban J connectivity index is 1.74. The first-order valence-electron chi connectivity index (χ1n) is 10.9. The van der Waals surface area contributed by atoms with E-state index in [0.29, 0.717) is 31.3 Å². The lowest BCUT2D eigenvalue weighted by Gasteiger charge is -2.29. The molecule has 32 heavy (non-hydrogen) atoms. The van der Waals surface area contributed by atoms with Crippen molar-refractivity contribution in [2.75, 3.05) is 20.2 Å². The molecule has 1 aliphatic heterocycles. The summed E-state index contributed by atoms with van der Waals surface area (Å²) in [5.74, 6) is 1.22. The zero-order valence-corrected chi connectivity index (χ0v) is 19.9. The van der Waals surface area contributed by atoms with Crippen LogP contribution in [0.15, 0.2) is 47.4 Å². The number of piperidine rings is 1. The van der Waals surface area contributed by atoms with Gasteiger partial charge in [-0.15, -0.1) is 0 Å². The van der Waals surface area contributed by atoms with E-state index in [4.69, 9.17) is 9.47 Å². The van der Waals surface area contributed by atoms with Gasteiger partial charge in [-0.05, 0) is 68.5 Å². The number of amides is 1. The lowest BCUT2D eigenvalue weighted by molar-refractivity contribution is 0.0947. The molecule has 0 aromatic heterocycles. The summed E-state index contributed by atoms with van der Waals surface area (Å²) in [6.07, 6.45) is 1.76. The van der Waals surface area contributed by atoms with Crippen molar-refractivity contribution in [1.82, 2.24) is 9.62 Å². The molecule has 0 atom stereocenters. The molecule has 0 spiro atoms. The minimum Gasteiger partial charge on any atom is -0.496 e. The van der Waals surface area contributed by atoms with Gasteiger partial charge in [0.25, 0.3) is 5.91 Å². The summed E-state index contributed by atoms with van der Waals surface area (Å²) in [5, 5.41) is 2.85. The third kappa shape index (κ3) is 5.81. The van der Waals surface area contributed by atoms with E-state index in [1.54, 1.807) is 0 Å². The average molecular weight is 461 g/mol. The van der Waals surface area contributed by atoms with E-state index in [2.05, 4.69) is 12.2 Å². The van der Waals surface area contributed by atoms with Crippen LogP contribution in [0, 0.1) is 5.92 Å². The lowest BCUT2D eigenvalue weighted by Crippen LogP contribution is -2.38. The molecule has 0 aliphatic carbocycles. The first kappa shape index (κ1) is 24.1. The van der Waals surface area contributed by atoms with Crippen molar-refractivity contribution in [3.05, 3.63) is 53.6 Å². The molecule has 0 bridgehead atoms. The molecule has 1 amide bonds. The Labute approximate surface area is 190 Å². The van der Waals surface area contributed by atoms with Crippen molar-refractivity contribution in [1.29, 1.82) is 0 Å². The largest absolute Gasteiger partial charge is 0.496 e. The number of nitrogens with one attached hydrogen (secondary N) is 1. The second-order valence-electron chi connectivity index (χ2n) is 8.44. The number of benzene rings is 2. The second kappa shape index (κ2) is 10.4. The number of ether oxygens (including phenoxy) is 2. The van der Waals surface area contributed by atoms with Crippen LogP contribution in [0.5, 0.6) is 11.5 Å². The molecule has 1 aliphatic rings. The van der Waals surface area contributed by atoms with E-state index in [-0.39, 0.29) is 16.6 Å². The summed E-state index contributed by atoms with van der Waals surface area (Å²) in [5.41, 5.74) is 1.10. The highest BCUT2D eigenvalue weighted by molar-refractivity contribution is 7.89. The minimum atomic E-state index is -3.66. The number of hydrogen-bond acceptors (Lipinski definition) is 5. The van der Waals surface area contributed by atoms with Crippen LogP contribution in [-0.4, -0.2) is 44.9 Å².